The number of hydrogen-bond donors (Lipinski definition) is 2. The van der Waals surface area contributed by atoms with E-state index in [-0.39, 0.29) is 24.2 Å². The molecule has 0 aliphatic rings. The van der Waals surface area contributed by atoms with E-state index in [0.717, 1.165) is 26.4 Å². The van der Waals surface area contributed by atoms with Crippen molar-refractivity contribution in [1.82, 2.24) is 15.5 Å². The van der Waals surface area contributed by atoms with Gasteiger partial charge in [0.2, 0.25) is 16.9 Å². The highest BCUT2D eigenvalue weighted by atomic mass is 32.2. The summed E-state index contributed by atoms with van der Waals surface area (Å²) in [4.78, 5) is 26.8. The molecule has 2 amide bonds. The lowest BCUT2D eigenvalue weighted by Crippen LogP contribution is -2.47. The Morgan fingerprint density at radius 1 is 1.03 bits per heavy atom. The first-order valence-corrected chi connectivity index (χ1v) is 13.2. The molecule has 0 aliphatic heterocycles. The van der Waals surface area contributed by atoms with E-state index in [9.17, 15) is 9.59 Å². The van der Waals surface area contributed by atoms with Crippen molar-refractivity contribution in [1.29, 1.82) is 0 Å². The average molecular weight is 497 g/mol. The van der Waals surface area contributed by atoms with Crippen LogP contribution in [0.3, 0.4) is 0 Å². The van der Waals surface area contributed by atoms with E-state index in [1.54, 1.807) is 23.1 Å². The van der Waals surface area contributed by atoms with Gasteiger partial charge in [-0.1, -0.05) is 85.5 Å². The van der Waals surface area contributed by atoms with Gasteiger partial charge in [0.25, 0.3) is 0 Å². The fourth-order valence-electron chi connectivity index (χ4n) is 3.32. The van der Waals surface area contributed by atoms with Gasteiger partial charge in [-0.3, -0.25) is 14.9 Å². The molecular weight excluding hydrogens is 472 g/mol. The van der Waals surface area contributed by atoms with Gasteiger partial charge in [-0.2, -0.15) is 0 Å². The van der Waals surface area contributed by atoms with E-state index in [1.807, 2.05) is 67.8 Å². The third kappa shape index (κ3) is 6.40. The zero-order valence-electron chi connectivity index (χ0n) is 18.3. The Hall–Kier alpha value is -2.75. The summed E-state index contributed by atoms with van der Waals surface area (Å²) in [5.41, 5.74) is 0.908. The second-order valence-electron chi connectivity index (χ2n) is 7.88. The summed E-state index contributed by atoms with van der Waals surface area (Å²) in [5, 5.41) is 18.6. The van der Waals surface area contributed by atoms with Gasteiger partial charge in [0.1, 0.15) is 6.04 Å². The molecule has 2 N–H and O–H groups in total. The maximum absolute atomic E-state index is 12.9. The lowest BCUT2D eigenvalue weighted by molar-refractivity contribution is -0.127. The summed E-state index contributed by atoms with van der Waals surface area (Å²) in [6, 6.07) is 17.4. The zero-order chi connectivity index (χ0) is 23.2. The molecule has 0 bridgehead atoms. The summed E-state index contributed by atoms with van der Waals surface area (Å²) in [5.74, 6) is 0.261. The molecule has 0 radical (unpaired) electrons. The molecule has 2 heterocycles. The fourth-order valence-corrected chi connectivity index (χ4v) is 5.85. The predicted octanol–water partition coefficient (Wildman–Crippen LogP) is 5.37. The second-order valence-corrected chi connectivity index (χ2v) is 11.1. The monoisotopic (exact) mass is 496 g/mol. The van der Waals surface area contributed by atoms with Crippen molar-refractivity contribution >= 4 is 62.2 Å². The largest absolute Gasteiger partial charge is 0.344 e. The van der Waals surface area contributed by atoms with Crippen LogP contribution in [0.5, 0.6) is 0 Å². The highest BCUT2D eigenvalue weighted by Crippen LogP contribution is 2.29. The molecule has 4 rings (SSSR count). The summed E-state index contributed by atoms with van der Waals surface area (Å²) in [6.45, 7) is 3.81. The number of carbonyl (C=O) groups is 2. The van der Waals surface area contributed by atoms with E-state index < -0.39 is 6.04 Å². The highest BCUT2D eigenvalue weighted by molar-refractivity contribution is 8.00. The van der Waals surface area contributed by atoms with Crippen molar-refractivity contribution in [2.24, 2.45) is 5.92 Å². The van der Waals surface area contributed by atoms with E-state index >= 15 is 0 Å². The van der Waals surface area contributed by atoms with E-state index in [4.69, 9.17) is 0 Å². The topological polar surface area (TPSA) is 84.0 Å². The first-order valence-electron chi connectivity index (χ1n) is 10.5. The first kappa shape index (κ1) is 23.4. The molecule has 0 saturated heterocycles. The quantitative estimate of drug-likeness (QED) is 0.240. The number of anilines is 1. The van der Waals surface area contributed by atoms with Crippen LogP contribution in [0.2, 0.25) is 0 Å². The van der Waals surface area contributed by atoms with Gasteiger partial charge in [-0.25, -0.2) is 0 Å². The van der Waals surface area contributed by atoms with Crippen molar-refractivity contribution < 1.29 is 9.59 Å². The molecule has 2 aromatic carbocycles. The van der Waals surface area contributed by atoms with E-state index in [2.05, 4.69) is 26.9 Å². The van der Waals surface area contributed by atoms with Crippen LogP contribution in [0.15, 0.2) is 64.3 Å². The molecule has 1 unspecified atom stereocenters. The van der Waals surface area contributed by atoms with Gasteiger partial charge >= 0.3 is 0 Å². The van der Waals surface area contributed by atoms with Gasteiger partial charge in [-0.15, -0.1) is 21.5 Å². The number of thiophene rings is 1. The van der Waals surface area contributed by atoms with Crippen LogP contribution in [0.4, 0.5) is 5.13 Å². The van der Waals surface area contributed by atoms with Crippen LogP contribution in [0.1, 0.15) is 24.3 Å². The summed E-state index contributed by atoms with van der Waals surface area (Å²) in [6.07, 6.45) is 0.212. The number of rotatable bonds is 9. The van der Waals surface area contributed by atoms with Crippen molar-refractivity contribution in [3.63, 3.8) is 0 Å². The first-order chi connectivity index (χ1) is 16.0. The Morgan fingerprint density at radius 3 is 2.61 bits per heavy atom. The molecule has 1 atom stereocenters. The zero-order valence-corrected chi connectivity index (χ0v) is 20.7. The number of fused-ring (bicyclic) bond motifs is 1. The van der Waals surface area contributed by atoms with Crippen molar-refractivity contribution in [2.45, 2.75) is 36.4 Å². The summed E-state index contributed by atoms with van der Waals surface area (Å²) in [7, 11) is 0. The lowest BCUT2D eigenvalue weighted by Gasteiger charge is -2.21. The van der Waals surface area contributed by atoms with Gasteiger partial charge < -0.3 is 5.32 Å². The summed E-state index contributed by atoms with van der Waals surface area (Å²) < 4.78 is 0.792. The SMILES string of the molecule is CC(C)C(NC(=O)Cc1ccc2ccccc2c1)C(=O)Nc1nnc(SCc2cccs2)s1. The van der Waals surface area contributed by atoms with Crippen LogP contribution in [0, 0.1) is 5.92 Å². The maximum atomic E-state index is 12.9. The molecule has 0 spiro atoms. The number of benzene rings is 2. The number of nitrogens with zero attached hydrogens (tertiary/aromatic N) is 2. The van der Waals surface area contributed by atoms with E-state index in [1.165, 1.54) is 16.2 Å². The average Bonchev–Trinajstić information content (AvgIpc) is 3.47. The summed E-state index contributed by atoms with van der Waals surface area (Å²) >= 11 is 4.62. The van der Waals surface area contributed by atoms with Crippen molar-refractivity contribution in [3.05, 3.63) is 70.4 Å². The number of aromatic nitrogens is 2. The normalized spacial score (nSPS) is 12.1. The van der Waals surface area contributed by atoms with E-state index in [0.29, 0.717) is 5.13 Å². The molecule has 0 aliphatic carbocycles. The molecule has 0 saturated carbocycles. The van der Waals surface area contributed by atoms with Gasteiger partial charge in [0, 0.05) is 10.6 Å². The Labute approximate surface area is 204 Å². The van der Waals surface area contributed by atoms with Gasteiger partial charge in [0.05, 0.1) is 6.42 Å². The number of carbonyl (C=O) groups excluding carboxylic acids is 2. The van der Waals surface area contributed by atoms with Crippen LogP contribution in [-0.4, -0.2) is 28.1 Å². The molecule has 9 heteroatoms. The number of thioether (sulfide) groups is 1. The minimum absolute atomic E-state index is 0.0776. The lowest BCUT2D eigenvalue weighted by atomic mass is 10.0. The Balaban J connectivity index is 1.34. The van der Waals surface area contributed by atoms with Crippen LogP contribution in [-0.2, 0) is 21.8 Å². The molecular formula is C24H24N4O2S3. The molecule has 6 nitrogen and oxygen atoms in total. The molecule has 0 fully saturated rings. The maximum Gasteiger partial charge on any atom is 0.249 e. The third-order valence-corrected chi connectivity index (χ3v) is 8.08. The number of nitrogens with one attached hydrogen (secondary N) is 2. The predicted molar refractivity (Wildman–Crippen MR) is 137 cm³/mol. The second kappa shape index (κ2) is 10.9. The third-order valence-electron chi connectivity index (χ3n) is 5.00. The van der Waals surface area contributed by atoms with Crippen LogP contribution >= 0.6 is 34.4 Å². The minimum Gasteiger partial charge on any atom is -0.344 e. The van der Waals surface area contributed by atoms with Gasteiger partial charge in [0.15, 0.2) is 4.34 Å². The Bertz CT molecular complexity index is 1240. The highest BCUT2D eigenvalue weighted by Gasteiger charge is 2.25. The fraction of sp³-hybridized carbons (Fsp3) is 0.250. The van der Waals surface area contributed by atoms with Crippen LogP contribution < -0.4 is 10.6 Å². The smallest absolute Gasteiger partial charge is 0.249 e. The molecule has 2 aromatic heterocycles. The standard InChI is InChI=1S/C24H24N4O2S3/c1-15(2)21(25-20(29)13-16-9-10-17-6-3-4-7-18(17)12-16)22(30)26-23-27-28-24(33-23)32-14-19-8-5-11-31-19/h3-12,15,21H,13-14H2,1-2H3,(H,25,29)(H,26,27,30). The number of hydrogen-bond acceptors (Lipinski definition) is 7. The molecule has 4 aromatic rings. The Kier molecular flexibility index (Phi) is 7.74. The molecule has 33 heavy (non-hydrogen) atoms. The van der Waals surface area contributed by atoms with Crippen molar-refractivity contribution in [3.8, 4) is 0 Å². The Morgan fingerprint density at radius 2 is 1.85 bits per heavy atom. The van der Waals surface area contributed by atoms with Crippen LogP contribution in [0.25, 0.3) is 10.8 Å². The van der Waals surface area contributed by atoms with Gasteiger partial charge in [-0.05, 0) is 33.7 Å². The number of amides is 2. The minimum atomic E-state index is -0.663. The molecule has 170 valence electrons. The van der Waals surface area contributed by atoms with Crippen molar-refractivity contribution in [2.75, 3.05) is 5.32 Å².